The van der Waals surface area contributed by atoms with Gasteiger partial charge in [0.05, 0.1) is 6.61 Å². The number of carboxylic acids is 1. The SMILES string of the molecule is CCOC(=O)N(C)C1(C(=O)O)CCCCC1. The van der Waals surface area contributed by atoms with Crippen LogP contribution in [-0.4, -0.2) is 41.3 Å². The van der Waals surface area contributed by atoms with Crippen molar-refractivity contribution in [3.8, 4) is 0 Å². The lowest BCUT2D eigenvalue weighted by Gasteiger charge is -2.40. The van der Waals surface area contributed by atoms with Gasteiger partial charge in [0.25, 0.3) is 0 Å². The fourth-order valence-electron chi connectivity index (χ4n) is 2.22. The molecule has 0 aromatic rings. The summed E-state index contributed by atoms with van der Waals surface area (Å²) in [5.41, 5.74) is -1.06. The number of aliphatic carboxylic acids is 1. The fourth-order valence-corrected chi connectivity index (χ4v) is 2.22. The lowest BCUT2D eigenvalue weighted by Crippen LogP contribution is -2.56. The van der Waals surface area contributed by atoms with Crippen LogP contribution in [0.3, 0.4) is 0 Å². The van der Waals surface area contributed by atoms with Crippen LogP contribution < -0.4 is 0 Å². The first kappa shape index (κ1) is 12.8. The van der Waals surface area contributed by atoms with E-state index in [9.17, 15) is 14.7 Å². The van der Waals surface area contributed by atoms with E-state index in [4.69, 9.17) is 4.74 Å². The molecule has 1 rings (SSSR count). The number of carbonyl (C=O) groups is 2. The molecule has 92 valence electrons. The summed E-state index contributed by atoms with van der Waals surface area (Å²) in [5.74, 6) is -0.928. The first-order valence-corrected chi connectivity index (χ1v) is 5.68. The molecular formula is C11H19NO4. The monoisotopic (exact) mass is 229 g/mol. The van der Waals surface area contributed by atoms with Crippen molar-refractivity contribution in [2.24, 2.45) is 0 Å². The van der Waals surface area contributed by atoms with Gasteiger partial charge in [-0.25, -0.2) is 9.59 Å². The summed E-state index contributed by atoms with van der Waals surface area (Å²) in [6.45, 7) is 1.97. The molecule has 0 aromatic carbocycles. The van der Waals surface area contributed by atoms with Gasteiger partial charge in [-0.2, -0.15) is 0 Å². The maximum atomic E-state index is 11.6. The zero-order chi connectivity index (χ0) is 12.2. The predicted molar refractivity (Wildman–Crippen MR) is 58.2 cm³/mol. The molecule has 5 heteroatoms. The summed E-state index contributed by atoms with van der Waals surface area (Å²) in [6, 6.07) is 0. The van der Waals surface area contributed by atoms with Gasteiger partial charge in [-0.05, 0) is 19.8 Å². The molecule has 0 saturated heterocycles. The molecule has 0 spiro atoms. The maximum absolute atomic E-state index is 11.6. The largest absolute Gasteiger partial charge is 0.479 e. The van der Waals surface area contributed by atoms with E-state index in [-0.39, 0.29) is 6.61 Å². The highest BCUT2D eigenvalue weighted by atomic mass is 16.6. The van der Waals surface area contributed by atoms with Gasteiger partial charge in [-0.1, -0.05) is 19.3 Å². The van der Waals surface area contributed by atoms with Crippen LogP contribution in [0.5, 0.6) is 0 Å². The number of hydrogen-bond donors (Lipinski definition) is 1. The Kier molecular flexibility index (Phi) is 4.15. The van der Waals surface area contributed by atoms with Gasteiger partial charge in [0, 0.05) is 7.05 Å². The third-order valence-corrected chi connectivity index (χ3v) is 3.26. The summed E-state index contributed by atoms with van der Waals surface area (Å²) in [6.07, 6.45) is 3.19. The highest BCUT2D eigenvalue weighted by Crippen LogP contribution is 2.33. The van der Waals surface area contributed by atoms with Crippen molar-refractivity contribution in [2.75, 3.05) is 13.7 Å². The molecule has 1 aliphatic carbocycles. The van der Waals surface area contributed by atoms with Gasteiger partial charge in [0.15, 0.2) is 0 Å². The van der Waals surface area contributed by atoms with Gasteiger partial charge in [-0.15, -0.1) is 0 Å². The molecule has 5 nitrogen and oxygen atoms in total. The normalized spacial score (nSPS) is 18.9. The molecule has 0 aliphatic heterocycles. The van der Waals surface area contributed by atoms with Gasteiger partial charge in [0.2, 0.25) is 0 Å². The van der Waals surface area contributed by atoms with E-state index in [0.29, 0.717) is 12.8 Å². The third kappa shape index (κ3) is 2.28. The minimum Gasteiger partial charge on any atom is -0.479 e. The summed E-state index contributed by atoms with van der Waals surface area (Å²) < 4.78 is 4.86. The number of likely N-dealkylation sites (N-methyl/N-ethyl adjacent to an activating group) is 1. The number of hydrogen-bond acceptors (Lipinski definition) is 3. The number of ether oxygens (including phenoxy) is 1. The minimum atomic E-state index is -1.06. The number of amides is 1. The zero-order valence-electron chi connectivity index (χ0n) is 9.86. The van der Waals surface area contributed by atoms with E-state index in [1.165, 1.54) is 11.9 Å². The van der Waals surface area contributed by atoms with Crippen molar-refractivity contribution in [1.82, 2.24) is 4.90 Å². The molecule has 16 heavy (non-hydrogen) atoms. The first-order valence-electron chi connectivity index (χ1n) is 5.68. The van der Waals surface area contributed by atoms with Crippen LogP contribution in [0, 0.1) is 0 Å². The molecule has 0 aromatic heterocycles. The van der Waals surface area contributed by atoms with Gasteiger partial charge >= 0.3 is 12.1 Å². The van der Waals surface area contributed by atoms with Crippen molar-refractivity contribution >= 4 is 12.1 Å². The average Bonchev–Trinajstić information content (AvgIpc) is 2.29. The Hall–Kier alpha value is -1.26. The molecule has 1 fully saturated rings. The molecule has 1 amide bonds. The van der Waals surface area contributed by atoms with Crippen LogP contribution in [0.4, 0.5) is 4.79 Å². The van der Waals surface area contributed by atoms with E-state index >= 15 is 0 Å². The van der Waals surface area contributed by atoms with Gasteiger partial charge < -0.3 is 9.84 Å². The second kappa shape index (κ2) is 5.18. The van der Waals surface area contributed by atoms with Crippen molar-refractivity contribution in [3.05, 3.63) is 0 Å². The van der Waals surface area contributed by atoms with E-state index in [1.807, 2.05) is 0 Å². The highest BCUT2D eigenvalue weighted by Gasteiger charge is 2.46. The van der Waals surface area contributed by atoms with Crippen molar-refractivity contribution in [1.29, 1.82) is 0 Å². The number of nitrogens with zero attached hydrogens (tertiary/aromatic N) is 1. The van der Waals surface area contributed by atoms with Crippen LogP contribution in [0.15, 0.2) is 0 Å². The van der Waals surface area contributed by atoms with Crippen molar-refractivity contribution in [3.63, 3.8) is 0 Å². The molecule has 0 atom stereocenters. The molecule has 0 radical (unpaired) electrons. The van der Waals surface area contributed by atoms with E-state index in [0.717, 1.165) is 19.3 Å². The molecule has 1 aliphatic rings. The van der Waals surface area contributed by atoms with Crippen molar-refractivity contribution < 1.29 is 19.4 Å². The first-order chi connectivity index (χ1) is 7.54. The fraction of sp³-hybridized carbons (Fsp3) is 0.818. The number of carbonyl (C=O) groups excluding carboxylic acids is 1. The highest BCUT2D eigenvalue weighted by molar-refractivity contribution is 5.84. The van der Waals surface area contributed by atoms with Crippen LogP contribution >= 0.6 is 0 Å². The Morgan fingerprint density at radius 3 is 2.31 bits per heavy atom. The lowest BCUT2D eigenvalue weighted by atomic mass is 9.80. The summed E-state index contributed by atoms with van der Waals surface area (Å²) in [7, 11) is 1.51. The van der Waals surface area contributed by atoms with Crippen LogP contribution in [0.1, 0.15) is 39.0 Å². The molecule has 0 unspecified atom stereocenters. The van der Waals surface area contributed by atoms with E-state index in [1.54, 1.807) is 6.92 Å². The van der Waals surface area contributed by atoms with Crippen LogP contribution in [0.25, 0.3) is 0 Å². The number of rotatable bonds is 3. The number of carboxylic acid groups (broad SMARTS) is 1. The average molecular weight is 229 g/mol. The lowest BCUT2D eigenvalue weighted by molar-refractivity contribution is -0.152. The maximum Gasteiger partial charge on any atom is 0.410 e. The second-order valence-corrected chi connectivity index (χ2v) is 4.16. The summed E-state index contributed by atoms with van der Waals surface area (Å²) >= 11 is 0. The Balaban J connectivity index is 2.83. The predicted octanol–water partition coefficient (Wildman–Crippen LogP) is 1.86. The second-order valence-electron chi connectivity index (χ2n) is 4.16. The summed E-state index contributed by atoms with van der Waals surface area (Å²) in [4.78, 5) is 24.2. The van der Waals surface area contributed by atoms with E-state index < -0.39 is 17.6 Å². The summed E-state index contributed by atoms with van der Waals surface area (Å²) in [5, 5.41) is 9.33. The molecule has 0 heterocycles. The molecule has 1 N–H and O–H groups in total. The van der Waals surface area contributed by atoms with Gasteiger partial charge in [0.1, 0.15) is 5.54 Å². The molecule has 0 bridgehead atoms. The quantitative estimate of drug-likeness (QED) is 0.802. The van der Waals surface area contributed by atoms with Crippen LogP contribution in [0.2, 0.25) is 0 Å². The topological polar surface area (TPSA) is 66.8 Å². The van der Waals surface area contributed by atoms with Gasteiger partial charge in [-0.3, -0.25) is 4.90 Å². The Labute approximate surface area is 95.4 Å². The Bertz CT molecular complexity index is 271. The minimum absolute atomic E-state index is 0.263. The Morgan fingerprint density at radius 2 is 1.88 bits per heavy atom. The van der Waals surface area contributed by atoms with E-state index in [2.05, 4.69) is 0 Å². The molecular weight excluding hydrogens is 210 g/mol. The standard InChI is InChI=1S/C11H19NO4/c1-3-16-10(15)12(2)11(9(13)14)7-5-4-6-8-11/h3-8H2,1-2H3,(H,13,14). The molecule has 1 saturated carbocycles. The van der Waals surface area contributed by atoms with Crippen LogP contribution in [-0.2, 0) is 9.53 Å². The Morgan fingerprint density at radius 1 is 1.31 bits per heavy atom. The smallest absolute Gasteiger partial charge is 0.410 e. The zero-order valence-corrected chi connectivity index (χ0v) is 9.86. The third-order valence-electron chi connectivity index (χ3n) is 3.26. The van der Waals surface area contributed by atoms with Crippen molar-refractivity contribution in [2.45, 2.75) is 44.6 Å².